The first kappa shape index (κ1) is 20.5. The largest absolute Gasteiger partial charge is 0.469 e. The van der Waals surface area contributed by atoms with Crippen molar-refractivity contribution in [3.05, 3.63) is 95.4 Å². The van der Waals surface area contributed by atoms with Gasteiger partial charge in [0.15, 0.2) is 0 Å². The third kappa shape index (κ3) is 4.55. The average Bonchev–Trinajstić information content (AvgIpc) is 3.34. The Hall–Kier alpha value is -3.76. The Morgan fingerprint density at radius 2 is 1.71 bits per heavy atom. The third-order valence-electron chi connectivity index (χ3n) is 4.86. The number of anilines is 2. The van der Waals surface area contributed by atoms with Gasteiger partial charge in [-0.25, -0.2) is 0 Å². The van der Waals surface area contributed by atoms with E-state index in [4.69, 9.17) is 4.42 Å². The number of carbonyl (C=O) groups excluding carboxylic acids is 2. The second-order valence-electron chi connectivity index (χ2n) is 6.86. The van der Waals surface area contributed by atoms with Gasteiger partial charge in [-0.05, 0) is 36.4 Å². The summed E-state index contributed by atoms with van der Waals surface area (Å²) in [7, 11) is 0. The molecule has 1 aliphatic heterocycles. The fourth-order valence-electron chi connectivity index (χ4n) is 3.46. The number of nitrogens with zero attached hydrogens (tertiary/aromatic N) is 2. The zero-order valence-corrected chi connectivity index (χ0v) is 17.3. The molecule has 2 heterocycles. The molecule has 0 aliphatic carbocycles. The van der Waals surface area contributed by atoms with Gasteiger partial charge in [-0.1, -0.05) is 48.2 Å². The molecule has 154 valence electrons. The Balaban J connectivity index is 1.59. The molecule has 0 fully saturated rings. The van der Waals surface area contributed by atoms with E-state index in [0.717, 1.165) is 23.1 Å². The van der Waals surface area contributed by atoms with Crippen molar-refractivity contribution >= 4 is 35.0 Å². The maximum absolute atomic E-state index is 13.2. The molecule has 0 saturated carbocycles. The van der Waals surface area contributed by atoms with Gasteiger partial charge < -0.3 is 9.73 Å². The number of thioether (sulfide) groups is 1. The highest BCUT2D eigenvalue weighted by atomic mass is 32.2. The molecule has 3 aromatic rings. The number of hydrogen-bond acceptors (Lipinski definition) is 5. The van der Waals surface area contributed by atoms with E-state index in [-0.39, 0.29) is 24.0 Å². The summed E-state index contributed by atoms with van der Waals surface area (Å²) in [5.41, 5.74) is 1.89. The Kier molecular flexibility index (Phi) is 6.20. The van der Waals surface area contributed by atoms with E-state index >= 15 is 0 Å². The number of hydrogen-bond donors (Lipinski definition) is 1. The van der Waals surface area contributed by atoms with Crippen LogP contribution in [0.2, 0.25) is 0 Å². The number of benzene rings is 2. The number of rotatable bonds is 6. The van der Waals surface area contributed by atoms with Gasteiger partial charge in [0.05, 0.1) is 34.6 Å². The van der Waals surface area contributed by atoms with Gasteiger partial charge in [0, 0.05) is 17.8 Å². The van der Waals surface area contributed by atoms with Crippen molar-refractivity contribution in [2.75, 3.05) is 10.7 Å². The predicted octanol–water partition coefficient (Wildman–Crippen LogP) is 4.72. The summed E-state index contributed by atoms with van der Waals surface area (Å²) >= 11 is 1.15. The summed E-state index contributed by atoms with van der Waals surface area (Å²) in [6, 6.07) is 24.4. The monoisotopic (exact) mass is 429 g/mol. The molecule has 2 amide bonds. The van der Waals surface area contributed by atoms with Crippen molar-refractivity contribution < 1.29 is 14.0 Å². The summed E-state index contributed by atoms with van der Waals surface area (Å²) in [6.07, 6.45) is 1.65. The van der Waals surface area contributed by atoms with Gasteiger partial charge in [-0.2, -0.15) is 5.26 Å². The fraction of sp³-hybridized carbons (Fsp3) is 0.125. The van der Waals surface area contributed by atoms with Crippen LogP contribution in [-0.4, -0.2) is 17.6 Å². The van der Waals surface area contributed by atoms with E-state index in [9.17, 15) is 14.9 Å². The maximum Gasteiger partial charge on any atom is 0.241 e. The lowest BCUT2D eigenvalue weighted by molar-refractivity contribution is -0.121. The topological polar surface area (TPSA) is 86.3 Å². The molecule has 4 rings (SSSR count). The van der Waals surface area contributed by atoms with E-state index in [1.54, 1.807) is 17.0 Å². The molecule has 0 unspecified atom stereocenters. The van der Waals surface area contributed by atoms with Crippen LogP contribution in [0.3, 0.4) is 0 Å². The Morgan fingerprint density at radius 3 is 2.26 bits per heavy atom. The van der Waals surface area contributed by atoms with Crippen molar-refractivity contribution in [3.63, 3.8) is 0 Å². The maximum atomic E-state index is 13.2. The quantitative estimate of drug-likeness (QED) is 0.613. The summed E-state index contributed by atoms with van der Waals surface area (Å²) in [4.78, 5) is 27.1. The number of nitriles is 1. The minimum Gasteiger partial charge on any atom is -0.469 e. The first-order valence-electron chi connectivity index (χ1n) is 9.70. The van der Waals surface area contributed by atoms with Crippen LogP contribution < -0.4 is 10.2 Å². The van der Waals surface area contributed by atoms with E-state index in [2.05, 4.69) is 11.4 Å². The van der Waals surface area contributed by atoms with E-state index in [1.807, 2.05) is 60.7 Å². The molecule has 1 N–H and O–H groups in total. The number of furan rings is 1. The van der Waals surface area contributed by atoms with Crippen LogP contribution >= 0.6 is 11.8 Å². The SMILES string of the molecule is N#CC1=C(SCC(=O)N(c2ccccc2)c2ccccc2)NC(=O)C[C@@H]1c1ccco1. The van der Waals surface area contributed by atoms with Crippen LogP contribution in [0.5, 0.6) is 0 Å². The third-order valence-corrected chi connectivity index (χ3v) is 5.86. The standard InChI is InChI=1S/C24H19N3O3S/c25-15-20-19(21-12-7-13-30-21)14-22(28)26-24(20)31-16-23(29)27(17-8-3-1-4-9-17)18-10-5-2-6-11-18/h1-13,19H,14,16H2,(H,26,28)/t19-/m0/s1. The molecule has 1 aliphatic rings. The van der Waals surface area contributed by atoms with E-state index in [0.29, 0.717) is 16.4 Å². The van der Waals surface area contributed by atoms with Crippen molar-refractivity contribution in [3.8, 4) is 6.07 Å². The fourth-order valence-corrected chi connectivity index (χ4v) is 4.38. The molecule has 6 nitrogen and oxygen atoms in total. The smallest absolute Gasteiger partial charge is 0.241 e. The Labute approximate surface area is 184 Å². The van der Waals surface area contributed by atoms with Gasteiger partial charge in [0.25, 0.3) is 0 Å². The molecule has 0 spiro atoms. The average molecular weight is 430 g/mol. The van der Waals surface area contributed by atoms with Gasteiger partial charge in [0.1, 0.15) is 5.76 Å². The molecule has 31 heavy (non-hydrogen) atoms. The van der Waals surface area contributed by atoms with Gasteiger partial charge in [-0.15, -0.1) is 0 Å². The zero-order chi connectivity index (χ0) is 21.6. The predicted molar refractivity (Wildman–Crippen MR) is 119 cm³/mol. The number of allylic oxidation sites excluding steroid dienone is 1. The van der Waals surface area contributed by atoms with Crippen LogP contribution in [-0.2, 0) is 9.59 Å². The minimum atomic E-state index is -0.453. The molecule has 0 bridgehead atoms. The first-order valence-corrected chi connectivity index (χ1v) is 10.7. The molecule has 7 heteroatoms. The van der Waals surface area contributed by atoms with Gasteiger partial charge in [-0.3, -0.25) is 14.5 Å². The lowest BCUT2D eigenvalue weighted by Gasteiger charge is -2.25. The zero-order valence-electron chi connectivity index (χ0n) is 16.5. The molecule has 0 saturated heterocycles. The lowest BCUT2D eigenvalue weighted by atomic mass is 9.92. The minimum absolute atomic E-state index is 0.0510. The second-order valence-corrected chi connectivity index (χ2v) is 7.85. The van der Waals surface area contributed by atoms with Crippen molar-refractivity contribution in [2.24, 2.45) is 0 Å². The van der Waals surface area contributed by atoms with E-state index < -0.39 is 5.92 Å². The normalized spacial score (nSPS) is 15.8. The van der Waals surface area contributed by atoms with Crippen LogP contribution in [0.1, 0.15) is 18.1 Å². The van der Waals surface area contributed by atoms with E-state index in [1.165, 1.54) is 6.26 Å². The van der Waals surface area contributed by atoms with Crippen LogP contribution in [0.4, 0.5) is 11.4 Å². The lowest BCUT2D eigenvalue weighted by Crippen LogP contribution is -2.32. The first-order chi connectivity index (χ1) is 15.2. The second kappa shape index (κ2) is 9.37. The Bertz CT molecular complexity index is 1100. The van der Waals surface area contributed by atoms with Crippen LogP contribution in [0.15, 0.2) is 94.1 Å². The van der Waals surface area contributed by atoms with Gasteiger partial charge in [0.2, 0.25) is 11.8 Å². The number of amides is 2. The Morgan fingerprint density at radius 1 is 1.06 bits per heavy atom. The summed E-state index contributed by atoms with van der Waals surface area (Å²) in [6.45, 7) is 0. The van der Waals surface area contributed by atoms with Crippen molar-refractivity contribution in [1.82, 2.24) is 5.32 Å². The summed E-state index contributed by atoms with van der Waals surface area (Å²) < 4.78 is 5.43. The molecule has 2 aromatic carbocycles. The molecule has 0 radical (unpaired) electrons. The van der Waals surface area contributed by atoms with Crippen LogP contribution in [0.25, 0.3) is 0 Å². The summed E-state index contributed by atoms with van der Waals surface area (Å²) in [5.74, 6) is -0.216. The molecule has 1 atom stereocenters. The molecular weight excluding hydrogens is 410 g/mol. The highest BCUT2D eigenvalue weighted by molar-refractivity contribution is 8.03. The highest BCUT2D eigenvalue weighted by Gasteiger charge is 2.32. The molecule has 1 aromatic heterocycles. The number of para-hydroxylation sites is 2. The highest BCUT2D eigenvalue weighted by Crippen LogP contribution is 2.36. The summed E-state index contributed by atoms with van der Waals surface area (Å²) in [5, 5.41) is 12.9. The van der Waals surface area contributed by atoms with Crippen molar-refractivity contribution in [2.45, 2.75) is 12.3 Å². The van der Waals surface area contributed by atoms with Crippen LogP contribution in [0, 0.1) is 11.3 Å². The molecular formula is C24H19N3O3S. The van der Waals surface area contributed by atoms with Crippen molar-refractivity contribution in [1.29, 1.82) is 5.26 Å². The number of nitrogens with one attached hydrogen (secondary N) is 1. The number of carbonyl (C=O) groups is 2. The van der Waals surface area contributed by atoms with Gasteiger partial charge >= 0.3 is 0 Å².